The molecule has 0 saturated carbocycles. The van der Waals surface area contributed by atoms with E-state index < -0.39 is 5.76 Å². The first-order valence-corrected chi connectivity index (χ1v) is 6.77. The summed E-state index contributed by atoms with van der Waals surface area (Å²) < 4.78 is 5.95. The lowest BCUT2D eigenvalue weighted by Crippen LogP contribution is -1.97. The van der Waals surface area contributed by atoms with Crippen LogP contribution in [0, 0.1) is 6.92 Å². The van der Waals surface area contributed by atoms with E-state index in [4.69, 9.17) is 10.2 Å². The molecular weight excluding hydrogens is 322 g/mol. The molecule has 1 heterocycles. The molecule has 6 heteroatoms. The topological polar surface area (TPSA) is 84.0 Å². The van der Waals surface area contributed by atoms with E-state index in [0.29, 0.717) is 22.5 Å². The zero-order valence-corrected chi connectivity index (χ0v) is 12.2. The Morgan fingerprint density at radius 1 is 1.25 bits per heavy atom. The van der Waals surface area contributed by atoms with Crippen molar-refractivity contribution in [2.24, 2.45) is 0 Å². The Morgan fingerprint density at radius 2 is 2.05 bits per heavy atom. The molecule has 0 aliphatic rings. The van der Waals surface area contributed by atoms with Crippen LogP contribution in [-0.4, -0.2) is 4.98 Å². The van der Waals surface area contributed by atoms with E-state index in [1.165, 1.54) is 0 Å². The Kier molecular flexibility index (Phi) is 3.02. The van der Waals surface area contributed by atoms with E-state index in [2.05, 4.69) is 26.2 Å². The van der Waals surface area contributed by atoms with Gasteiger partial charge in [0.05, 0.1) is 16.9 Å². The summed E-state index contributed by atoms with van der Waals surface area (Å²) in [4.78, 5) is 13.8. The van der Waals surface area contributed by atoms with Crippen molar-refractivity contribution in [3.8, 4) is 0 Å². The van der Waals surface area contributed by atoms with Gasteiger partial charge in [0.15, 0.2) is 5.58 Å². The van der Waals surface area contributed by atoms with Crippen LogP contribution >= 0.6 is 15.9 Å². The maximum Gasteiger partial charge on any atom is 0.417 e. The van der Waals surface area contributed by atoms with Crippen molar-refractivity contribution < 1.29 is 4.42 Å². The fourth-order valence-electron chi connectivity index (χ4n) is 2.09. The van der Waals surface area contributed by atoms with Gasteiger partial charge in [-0.05, 0) is 36.8 Å². The van der Waals surface area contributed by atoms with E-state index in [1.807, 2.05) is 25.1 Å². The second-order valence-electron chi connectivity index (χ2n) is 4.59. The van der Waals surface area contributed by atoms with E-state index in [1.54, 1.807) is 12.1 Å². The van der Waals surface area contributed by atoms with E-state index in [-0.39, 0.29) is 0 Å². The van der Waals surface area contributed by atoms with Crippen LogP contribution in [0.1, 0.15) is 5.56 Å². The number of fused-ring (bicyclic) bond motifs is 1. The lowest BCUT2D eigenvalue weighted by atomic mass is 10.2. The van der Waals surface area contributed by atoms with Crippen molar-refractivity contribution in [2.75, 3.05) is 11.1 Å². The maximum atomic E-state index is 11.2. The highest BCUT2D eigenvalue weighted by molar-refractivity contribution is 9.10. The van der Waals surface area contributed by atoms with Gasteiger partial charge in [0.2, 0.25) is 0 Å². The Labute approximate surface area is 122 Å². The number of nitrogens with two attached hydrogens (primary N) is 1. The Balaban J connectivity index is 2.05. The SMILES string of the molecule is Cc1cc(Br)cc(Nc2cc3[nH]c(=O)oc3cc2N)c1. The number of hydrogen-bond donors (Lipinski definition) is 3. The lowest BCUT2D eigenvalue weighted by Gasteiger charge is -2.10. The monoisotopic (exact) mass is 333 g/mol. The van der Waals surface area contributed by atoms with Gasteiger partial charge < -0.3 is 15.5 Å². The van der Waals surface area contributed by atoms with Gasteiger partial charge in [-0.2, -0.15) is 0 Å². The summed E-state index contributed by atoms with van der Waals surface area (Å²) in [5, 5.41) is 3.24. The molecule has 5 nitrogen and oxygen atoms in total. The summed E-state index contributed by atoms with van der Waals surface area (Å²) in [6.45, 7) is 2.01. The van der Waals surface area contributed by atoms with Crippen molar-refractivity contribution in [3.63, 3.8) is 0 Å². The van der Waals surface area contributed by atoms with Gasteiger partial charge in [-0.1, -0.05) is 15.9 Å². The number of nitrogen functional groups attached to an aromatic ring is 1. The number of oxazole rings is 1. The fraction of sp³-hybridized carbons (Fsp3) is 0.0714. The normalized spacial score (nSPS) is 10.9. The minimum absolute atomic E-state index is 0.448. The molecule has 0 aliphatic carbocycles. The summed E-state index contributed by atoms with van der Waals surface area (Å²) in [6, 6.07) is 9.36. The van der Waals surface area contributed by atoms with E-state index >= 15 is 0 Å². The number of nitrogens with one attached hydrogen (secondary N) is 2. The molecule has 0 amide bonds. The van der Waals surface area contributed by atoms with Crippen molar-refractivity contribution in [1.82, 2.24) is 4.98 Å². The zero-order valence-electron chi connectivity index (χ0n) is 10.7. The standard InChI is InChI=1S/C14H12BrN3O2/c1-7-2-8(15)4-9(3-7)17-11-6-12-13(5-10(11)16)20-14(19)18-12/h2-6,17H,16H2,1H3,(H,18,19). The molecule has 1 aromatic heterocycles. The summed E-state index contributed by atoms with van der Waals surface area (Å²) in [6.07, 6.45) is 0. The molecule has 0 saturated heterocycles. The third-order valence-corrected chi connectivity index (χ3v) is 3.37. The highest BCUT2D eigenvalue weighted by Gasteiger charge is 2.07. The summed E-state index contributed by atoms with van der Waals surface area (Å²) in [5.41, 5.74) is 10.3. The third kappa shape index (κ3) is 2.42. The van der Waals surface area contributed by atoms with Crippen LogP contribution in [0.4, 0.5) is 17.1 Å². The minimum atomic E-state index is -0.491. The number of hydrogen-bond acceptors (Lipinski definition) is 4. The first-order chi connectivity index (χ1) is 9.51. The van der Waals surface area contributed by atoms with Crippen molar-refractivity contribution in [3.05, 3.63) is 50.9 Å². The predicted octanol–water partition coefficient (Wildman–Crippen LogP) is 3.52. The average Bonchev–Trinajstić information content (AvgIpc) is 2.67. The number of benzene rings is 2. The Bertz CT molecular complexity index is 831. The fourth-order valence-corrected chi connectivity index (χ4v) is 2.69. The second-order valence-corrected chi connectivity index (χ2v) is 5.51. The van der Waals surface area contributed by atoms with Crippen LogP contribution in [0.2, 0.25) is 0 Å². The molecule has 4 N–H and O–H groups in total. The number of aryl methyl sites for hydroxylation is 1. The van der Waals surface area contributed by atoms with Crippen LogP contribution < -0.4 is 16.8 Å². The lowest BCUT2D eigenvalue weighted by molar-refractivity contribution is 0.555. The molecule has 0 spiro atoms. The zero-order chi connectivity index (χ0) is 14.3. The van der Waals surface area contributed by atoms with Gasteiger partial charge in [0, 0.05) is 16.2 Å². The van der Waals surface area contributed by atoms with Gasteiger partial charge in [0.25, 0.3) is 0 Å². The molecule has 3 aromatic rings. The molecule has 20 heavy (non-hydrogen) atoms. The molecular formula is C14H12BrN3O2. The Morgan fingerprint density at radius 3 is 2.80 bits per heavy atom. The molecule has 0 fully saturated rings. The van der Waals surface area contributed by atoms with Crippen LogP contribution in [0.15, 0.2) is 44.0 Å². The molecule has 0 aliphatic heterocycles. The van der Waals surface area contributed by atoms with Crippen molar-refractivity contribution in [1.29, 1.82) is 0 Å². The third-order valence-electron chi connectivity index (χ3n) is 2.91. The van der Waals surface area contributed by atoms with Crippen LogP contribution in [-0.2, 0) is 0 Å². The average molecular weight is 334 g/mol. The Hall–Kier alpha value is -2.21. The summed E-state index contributed by atoms with van der Waals surface area (Å²) in [5.74, 6) is -0.491. The first kappa shape index (κ1) is 12.8. The number of rotatable bonds is 2. The molecule has 0 radical (unpaired) electrons. The van der Waals surface area contributed by atoms with Crippen LogP contribution in [0.3, 0.4) is 0 Å². The van der Waals surface area contributed by atoms with Gasteiger partial charge in [0.1, 0.15) is 0 Å². The van der Waals surface area contributed by atoms with Crippen LogP contribution in [0.25, 0.3) is 11.1 Å². The molecule has 0 unspecified atom stereocenters. The molecule has 3 rings (SSSR count). The quantitative estimate of drug-likeness (QED) is 0.626. The van der Waals surface area contributed by atoms with Gasteiger partial charge in [-0.15, -0.1) is 0 Å². The largest absolute Gasteiger partial charge is 0.417 e. The predicted molar refractivity (Wildman–Crippen MR) is 83.4 cm³/mol. The van der Waals surface area contributed by atoms with Crippen LogP contribution in [0.5, 0.6) is 0 Å². The molecule has 0 atom stereocenters. The smallest absolute Gasteiger partial charge is 0.408 e. The number of aromatic amines is 1. The number of aromatic nitrogens is 1. The number of H-pyrrole nitrogens is 1. The first-order valence-electron chi connectivity index (χ1n) is 5.98. The second kappa shape index (κ2) is 4.72. The van der Waals surface area contributed by atoms with Crippen molar-refractivity contribution in [2.45, 2.75) is 6.92 Å². The van der Waals surface area contributed by atoms with Gasteiger partial charge in [-0.3, -0.25) is 4.98 Å². The van der Waals surface area contributed by atoms with E-state index in [9.17, 15) is 4.79 Å². The maximum absolute atomic E-state index is 11.2. The summed E-state index contributed by atoms with van der Waals surface area (Å²) in [7, 11) is 0. The number of anilines is 3. The van der Waals surface area contributed by atoms with Crippen molar-refractivity contribution >= 4 is 44.1 Å². The minimum Gasteiger partial charge on any atom is -0.408 e. The molecule has 0 bridgehead atoms. The molecule has 2 aromatic carbocycles. The molecule has 102 valence electrons. The summed E-state index contributed by atoms with van der Waals surface area (Å²) >= 11 is 3.45. The number of halogens is 1. The van der Waals surface area contributed by atoms with Gasteiger partial charge >= 0.3 is 5.76 Å². The van der Waals surface area contributed by atoms with E-state index in [0.717, 1.165) is 15.7 Å². The van der Waals surface area contributed by atoms with Gasteiger partial charge in [-0.25, -0.2) is 4.79 Å². The highest BCUT2D eigenvalue weighted by atomic mass is 79.9. The highest BCUT2D eigenvalue weighted by Crippen LogP contribution is 2.29.